The Hall–Kier alpha value is -1.26. The van der Waals surface area contributed by atoms with E-state index in [1.54, 1.807) is 11.8 Å². The number of carbonyl (C=O) groups excluding carboxylic acids is 1. The molecule has 0 aromatic carbocycles. The first-order valence-corrected chi connectivity index (χ1v) is 5.12. The lowest BCUT2D eigenvalue weighted by Gasteiger charge is -2.33. The summed E-state index contributed by atoms with van der Waals surface area (Å²) in [6.45, 7) is 2.88. The summed E-state index contributed by atoms with van der Waals surface area (Å²) < 4.78 is 0. The molecule has 1 saturated heterocycles. The van der Waals surface area contributed by atoms with Gasteiger partial charge in [0.15, 0.2) is 0 Å². The number of rotatable bonds is 3. The molecular weight excluding hydrogens is 196 g/mol. The van der Waals surface area contributed by atoms with E-state index in [1.165, 1.54) is 0 Å². The Labute approximate surface area is 88.5 Å². The number of aliphatic hydroxyl groups is 1. The molecule has 1 rings (SSSR count). The Bertz CT molecular complexity index is 273. The molecule has 1 heterocycles. The molecule has 0 saturated carbocycles. The van der Waals surface area contributed by atoms with Gasteiger partial charge in [-0.25, -0.2) is 0 Å². The van der Waals surface area contributed by atoms with Gasteiger partial charge < -0.3 is 10.0 Å². The minimum atomic E-state index is -0.389. The van der Waals surface area contributed by atoms with E-state index in [0.717, 1.165) is 12.8 Å². The maximum absolute atomic E-state index is 11.5. The van der Waals surface area contributed by atoms with Crippen LogP contribution in [0.4, 0.5) is 0 Å². The average Bonchev–Trinajstić information content (AvgIpc) is 2.26. The second-order valence-electron chi connectivity index (χ2n) is 3.87. The van der Waals surface area contributed by atoms with Gasteiger partial charge in [-0.1, -0.05) is 5.11 Å². The zero-order valence-corrected chi connectivity index (χ0v) is 8.83. The Morgan fingerprint density at radius 2 is 2.53 bits per heavy atom. The van der Waals surface area contributed by atoms with Crippen LogP contribution in [0.2, 0.25) is 0 Å². The molecule has 0 radical (unpaired) electrons. The standard InChI is InChI=1S/C9H16N4O2/c1-7(14)8-3-2-4-13(6-8)9(15)5-11-12-10/h7-8,14H,2-6H2,1H3/t7-,8+/m0/s1. The van der Waals surface area contributed by atoms with Crippen LogP contribution in [-0.4, -0.2) is 41.7 Å². The predicted molar refractivity (Wildman–Crippen MR) is 55.0 cm³/mol. The van der Waals surface area contributed by atoms with Crippen molar-refractivity contribution in [2.24, 2.45) is 11.0 Å². The smallest absolute Gasteiger partial charge is 0.228 e. The third kappa shape index (κ3) is 3.42. The normalized spacial score (nSPS) is 23.1. The molecular formula is C9H16N4O2. The number of piperidine rings is 1. The van der Waals surface area contributed by atoms with Gasteiger partial charge in [0.05, 0.1) is 6.10 Å². The van der Waals surface area contributed by atoms with Gasteiger partial charge in [-0.15, -0.1) is 0 Å². The largest absolute Gasteiger partial charge is 0.393 e. The number of hydrogen-bond donors (Lipinski definition) is 1. The van der Waals surface area contributed by atoms with Gasteiger partial charge in [0.25, 0.3) is 0 Å². The first-order chi connectivity index (χ1) is 7.15. The Morgan fingerprint density at radius 1 is 1.80 bits per heavy atom. The van der Waals surface area contributed by atoms with Crippen LogP contribution in [0.3, 0.4) is 0 Å². The van der Waals surface area contributed by atoms with Crippen molar-refractivity contribution < 1.29 is 9.90 Å². The third-order valence-electron chi connectivity index (χ3n) is 2.76. The fourth-order valence-electron chi connectivity index (χ4n) is 1.82. The monoisotopic (exact) mass is 212 g/mol. The Balaban J connectivity index is 2.48. The quantitative estimate of drug-likeness (QED) is 0.428. The van der Waals surface area contributed by atoms with E-state index in [2.05, 4.69) is 10.0 Å². The Morgan fingerprint density at radius 3 is 3.13 bits per heavy atom. The number of azide groups is 1. The Kier molecular flexibility index (Phi) is 4.39. The van der Waals surface area contributed by atoms with Crippen molar-refractivity contribution in [1.29, 1.82) is 0 Å². The van der Waals surface area contributed by atoms with Crippen molar-refractivity contribution in [2.75, 3.05) is 19.6 Å². The molecule has 15 heavy (non-hydrogen) atoms. The molecule has 1 amide bonds. The number of likely N-dealkylation sites (tertiary alicyclic amines) is 1. The fraction of sp³-hybridized carbons (Fsp3) is 0.889. The van der Waals surface area contributed by atoms with Crippen molar-refractivity contribution in [3.63, 3.8) is 0 Å². The minimum Gasteiger partial charge on any atom is -0.393 e. The molecule has 2 atom stereocenters. The van der Waals surface area contributed by atoms with Crippen LogP contribution in [0.15, 0.2) is 5.11 Å². The summed E-state index contributed by atoms with van der Waals surface area (Å²) >= 11 is 0. The lowest BCUT2D eigenvalue weighted by molar-refractivity contribution is -0.132. The number of hydrogen-bond acceptors (Lipinski definition) is 3. The van der Waals surface area contributed by atoms with Crippen molar-refractivity contribution in [3.8, 4) is 0 Å². The first-order valence-electron chi connectivity index (χ1n) is 5.12. The average molecular weight is 212 g/mol. The highest BCUT2D eigenvalue weighted by atomic mass is 16.3. The van der Waals surface area contributed by atoms with Crippen LogP contribution in [0.1, 0.15) is 19.8 Å². The van der Waals surface area contributed by atoms with Crippen LogP contribution >= 0.6 is 0 Å². The van der Waals surface area contributed by atoms with Gasteiger partial charge >= 0.3 is 0 Å². The summed E-state index contributed by atoms with van der Waals surface area (Å²) in [7, 11) is 0. The molecule has 0 aliphatic carbocycles. The van der Waals surface area contributed by atoms with Crippen LogP contribution in [0.25, 0.3) is 10.4 Å². The maximum atomic E-state index is 11.5. The summed E-state index contributed by atoms with van der Waals surface area (Å²) in [6, 6.07) is 0. The van der Waals surface area contributed by atoms with Gasteiger partial charge in [-0.2, -0.15) is 0 Å². The number of carbonyl (C=O) groups is 1. The molecule has 84 valence electrons. The van der Waals surface area contributed by atoms with Gasteiger partial charge in [0, 0.05) is 23.9 Å². The van der Waals surface area contributed by atoms with Crippen molar-refractivity contribution in [2.45, 2.75) is 25.9 Å². The van der Waals surface area contributed by atoms with E-state index in [4.69, 9.17) is 5.53 Å². The van der Waals surface area contributed by atoms with Crippen molar-refractivity contribution in [3.05, 3.63) is 10.4 Å². The summed E-state index contributed by atoms with van der Waals surface area (Å²) in [4.78, 5) is 15.7. The second-order valence-corrected chi connectivity index (χ2v) is 3.87. The van der Waals surface area contributed by atoms with Crippen LogP contribution in [0.5, 0.6) is 0 Å². The molecule has 6 nitrogen and oxygen atoms in total. The topological polar surface area (TPSA) is 89.3 Å². The van der Waals surface area contributed by atoms with E-state index in [-0.39, 0.29) is 24.5 Å². The fourth-order valence-corrected chi connectivity index (χ4v) is 1.82. The number of amides is 1. The molecule has 0 unspecified atom stereocenters. The van der Waals surface area contributed by atoms with Gasteiger partial charge in [-0.05, 0) is 25.3 Å². The molecule has 1 fully saturated rings. The van der Waals surface area contributed by atoms with Crippen molar-refractivity contribution in [1.82, 2.24) is 4.90 Å². The molecule has 1 aliphatic rings. The summed E-state index contributed by atoms with van der Waals surface area (Å²) in [5.41, 5.74) is 8.10. The van der Waals surface area contributed by atoms with Crippen LogP contribution in [0, 0.1) is 5.92 Å². The highest BCUT2D eigenvalue weighted by Gasteiger charge is 2.25. The van der Waals surface area contributed by atoms with E-state index < -0.39 is 0 Å². The predicted octanol–water partition coefficient (Wildman–Crippen LogP) is 0.916. The maximum Gasteiger partial charge on any atom is 0.228 e. The lowest BCUT2D eigenvalue weighted by Crippen LogP contribution is -2.43. The lowest BCUT2D eigenvalue weighted by atomic mass is 9.93. The summed E-state index contributed by atoms with van der Waals surface area (Å²) in [5.74, 6) is -0.00749. The third-order valence-corrected chi connectivity index (χ3v) is 2.76. The number of nitrogens with zero attached hydrogens (tertiary/aromatic N) is 4. The minimum absolute atomic E-state index is 0.122. The van der Waals surface area contributed by atoms with E-state index >= 15 is 0 Å². The molecule has 0 spiro atoms. The zero-order chi connectivity index (χ0) is 11.3. The van der Waals surface area contributed by atoms with E-state index in [0.29, 0.717) is 13.1 Å². The first kappa shape index (κ1) is 11.8. The number of aliphatic hydroxyl groups excluding tert-OH is 1. The molecule has 0 bridgehead atoms. The zero-order valence-electron chi connectivity index (χ0n) is 8.83. The van der Waals surface area contributed by atoms with Crippen LogP contribution in [-0.2, 0) is 4.79 Å². The van der Waals surface area contributed by atoms with Crippen LogP contribution < -0.4 is 0 Å². The van der Waals surface area contributed by atoms with E-state index in [1.807, 2.05) is 0 Å². The highest BCUT2D eigenvalue weighted by molar-refractivity contribution is 5.78. The molecule has 6 heteroatoms. The summed E-state index contributed by atoms with van der Waals surface area (Å²) in [5, 5.41) is 12.7. The molecule has 0 aromatic rings. The van der Waals surface area contributed by atoms with Crippen molar-refractivity contribution >= 4 is 5.91 Å². The SMILES string of the molecule is C[C@H](O)[C@@H]1CCCN(C(=O)CN=[N+]=[N-])C1. The molecule has 1 N–H and O–H groups in total. The van der Waals surface area contributed by atoms with Gasteiger partial charge in [-0.3, -0.25) is 4.79 Å². The second kappa shape index (κ2) is 5.58. The van der Waals surface area contributed by atoms with E-state index in [9.17, 15) is 9.90 Å². The molecule has 0 aromatic heterocycles. The van der Waals surface area contributed by atoms with Gasteiger partial charge in [0.2, 0.25) is 5.91 Å². The van der Waals surface area contributed by atoms with Gasteiger partial charge in [0.1, 0.15) is 6.54 Å². The molecule has 1 aliphatic heterocycles. The highest BCUT2D eigenvalue weighted by Crippen LogP contribution is 2.19. The summed E-state index contributed by atoms with van der Waals surface area (Å²) in [6.07, 6.45) is 1.46.